The summed E-state index contributed by atoms with van der Waals surface area (Å²) < 4.78 is 0. The van der Waals surface area contributed by atoms with Crippen LogP contribution < -0.4 is 5.84 Å². The van der Waals surface area contributed by atoms with Crippen LogP contribution in [0.4, 0.5) is 0 Å². The van der Waals surface area contributed by atoms with E-state index in [0.29, 0.717) is 12.1 Å². The number of benzene rings is 2. The van der Waals surface area contributed by atoms with Crippen LogP contribution in [-0.4, -0.2) is 16.8 Å². The van der Waals surface area contributed by atoms with E-state index in [1.165, 1.54) is 0 Å². The molecule has 2 aromatic rings. The molecule has 4 heteroatoms. The van der Waals surface area contributed by atoms with E-state index in [9.17, 15) is 9.90 Å². The molecule has 0 aliphatic heterocycles. The molecule has 0 radical (unpaired) electrons. The Morgan fingerprint density at radius 3 is 2.57 bits per heavy atom. The van der Waals surface area contributed by atoms with Crippen molar-refractivity contribution in [3.63, 3.8) is 0 Å². The fraction of sp³-hybridized carbons (Fsp3) is 0.176. The van der Waals surface area contributed by atoms with Gasteiger partial charge in [-0.1, -0.05) is 42.5 Å². The Labute approximate surface area is 121 Å². The maximum Gasteiger partial charge on any atom is 0.307 e. The highest BCUT2D eigenvalue weighted by atomic mass is 16.4. The van der Waals surface area contributed by atoms with Gasteiger partial charge in [0.15, 0.2) is 0 Å². The zero-order valence-corrected chi connectivity index (χ0v) is 11.3. The first-order valence-electron chi connectivity index (χ1n) is 6.94. The number of nitrogens with zero attached hydrogens (tertiary/aromatic N) is 1. The van der Waals surface area contributed by atoms with Crippen molar-refractivity contribution in [1.82, 2.24) is 0 Å². The van der Waals surface area contributed by atoms with E-state index in [-0.39, 0.29) is 5.92 Å². The Morgan fingerprint density at radius 1 is 1.10 bits per heavy atom. The van der Waals surface area contributed by atoms with Crippen LogP contribution >= 0.6 is 0 Å². The number of hydrogen-bond donors (Lipinski definition) is 2. The molecule has 21 heavy (non-hydrogen) atoms. The first-order valence-corrected chi connectivity index (χ1v) is 6.94. The van der Waals surface area contributed by atoms with Crippen LogP contribution in [0.25, 0.3) is 11.1 Å². The summed E-state index contributed by atoms with van der Waals surface area (Å²) in [5.41, 5.74) is 6.09. The molecule has 0 bridgehead atoms. The number of hydrogen-bond acceptors (Lipinski definition) is 3. The number of rotatable bonds is 1. The molecular formula is C17H14N2O2. The van der Waals surface area contributed by atoms with Crippen molar-refractivity contribution in [3.8, 4) is 11.1 Å². The van der Waals surface area contributed by atoms with Crippen LogP contribution in [-0.2, 0) is 4.79 Å². The van der Waals surface area contributed by atoms with E-state index in [0.717, 1.165) is 27.8 Å². The van der Waals surface area contributed by atoms with Crippen molar-refractivity contribution in [1.29, 1.82) is 0 Å². The molecule has 2 aromatic carbocycles. The summed E-state index contributed by atoms with van der Waals surface area (Å²) in [5, 5.41) is 13.5. The van der Waals surface area contributed by atoms with E-state index < -0.39 is 11.9 Å². The molecule has 0 fully saturated rings. The minimum atomic E-state index is -0.793. The second-order valence-corrected chi connectivity index (χ2v) is 5.56. The summed E-state index contributed by atoms with van der Waals surface area (Å²) in [4.78, 5) is 11.7. The topological polar surface area (TPSA) is 75.7 Å². The lowest BCUT2D eigenvalue weighted by molar-refractivity contribution is -0.142. The molecule has 4 rings (SSSR count). The van der Waals surface area contributed by atoms with Gasteiger partial charge in [-0.05, 0) is 22.3 Å². The highest BCUT2D eigenvalue weighted by Crippen LogP contribution is 2.53. The maximum atomic E-state index is 11.7. The summed E-state index contributed by atoms with van der Waals surface area (Å²) in [5.74, 6) is 4.09. The van der Waals surface area contributed by atoms with Gasteiger partial charge in [0, 0.05) is 17.9 Å². The third-order valence-electron chi connectivity index (χ3n) is 4.60. The van der Waals surface area contributed by atoms with E-state index in [4.69, 9.17) is 5.84 Å². The van der Waals surface area contributed by atoms with E-state index in [1.807, 2.05) is 30.3 Å². The molecule has 0 unspecified atom stereocenters. The van der Waals surface area contributed by atoms with Crippen molar-refractivity contribution in [2.45, 2.75) is 12.3 Å². The normalized spacial score (nSPS) is 23.7. The molecule has 2 aliphatic carbocycles. The number of fused-ring (bicyclic) bond motifs is 3. The Morgan fingerprint density at radius 2 is 1.81 bits per heavy atom. The zero-order valence-electron chi connectivity index (χ0n) is 11.3. The molecule has 0 heterocycles. The fourth-order valence-electron chi connectivity index (χ4n) is 3.76. The number of hydrazone groups is 1. The van der Waals surface area contributed by atoms with Gasteiger partial charge in [0.2, 0.25) is 0 Å². The van der Waals surface area contributed by atoms with E-state index in [1.54, 1.807) is 0 Å². The van der Waals surface area contributed by atoms with Crippen molar-refractivity contribution < 1.29 is 9.90 Å². The van der Waals surface area contributed by atoms with Crippen molar-refractivity contribution in [2.75, 3.05) is 0 Å². The fourth-order valence-corrected chi connectivity index (χ4v) is 3.76. The number of carboxylic acids is 1. The first kappa shape index (κ1) is 12.1. The molecule has 3 N–H and O–H groups in total. The first-order chi connectivity index (χ1) is 10.2. The number of carboxylic acid groups (broad SMARTS) is 1. The molecule has 0 amide bonds. The van der Waals surface area contributed by atoms with Crippen LogP contribution in [0.5, 0.6) is 0 Å². The maximum absolute atomic E-state index is 11.7. The average molecular weight is 278 g/mol. The van der Waals surface area contributed by atoms with Crippen LogP contribution in [0.15, 0.2) is 47.6 Å². The predicted molar refractivity (Wildman–Crippen MR) is 80.2 cm³/mol. The highest BCUT2D eigenvalue weighted by molar-refractivity contribution is 6.08. The summed E-state index contributed by atoms with van der Waals surface area (Å²) in [6.45, 7) is 0. The third-order valence-corrected chi connectivity index (χ3v) is 4.60. The van der Waals surface area contributed by atoms with Gasteiger partial charge >= 0.3 is 5.97 Å². The van der Waals surface area contributed by atoms with Crippen LogP contribution in [0.2, 0.25) is 0 Å². The standard InChI is InChI=1S/C17H14N2O2/c18-19-14-8-13(17(20)21)16-10-5-2-1-4-9(10)11-6-3-7-12(14)15(11)16/h1-7,13,16H,8,18H2,(H,20,21)/b19-14+/t13-,16+/m0/s1. The summed E-state index contributed by atoms with van der Waals surface area (Å²) in [6.07, 6.45) is 0.376. The second kappa shape index (κ2) is 4.19. The predicted octanol–water partition coefficient (Wildman–Crippen LogP) is 2.57. The molecule has 0 spiro atoms. The molecule has 2 atom stereocenters. The van der Waals surface area contributed by atoms with Gasteiger partial charge in [0.25, 0.3) is 0 Å². The Kier molecular flexibility index (Phi) is 2.42. The van der Waals surface area contributed by atoms with Gasteiger partial charge in [0.05, 0.1) is 11.6 Å². The minimum Gasteiger partial charge on any atom is -0.481 e. The molecule has 4 nitrogen and oxygen atoms in total. The van der Waals surface area contributed by atoms with Gasteiger partial charge in [0.1, 0.15) is 0 Å². The second-order valence-electron chi connectivity index (χ2n) is 5.56. The lowest BCUT2D eigenvalue weighted by Gasteiger charge is -2.29. The Hall–Kier alpha value is -2.62. The number of aliphatic carboxylic acids is 1. The van der Waals surface area contributed by atoms with Gasteiger partial charge in [-0.15, -0.1) is 0 Å². The van der Waals surface area contributed by atoms with Crippen LogP contribution in [0.3, 0.4) is 0 Å². The third kappa shape index (κ3) is 1.50. The number of carbonyl (C=O) groups is 1. The van der Waals surface area contributed by atoms with Gasteiger partial charge in [-0.25, -0.2) is 0 Å². The lowest BCUT2D eigenvalue weighted by atomic mass is 9.73. The quantitative estimate of drug-likeness (QED) is 0.621. The largest absolute Gasteiger partial charge is 0.481 e. The smallest absolute Gasteiger partial charge is 0.307 e. The van der Waals surface area contributed by atoms with Crippen molar-refractivity contribution in [3.05, 3.63) is 59.2 Å². The Bertz CT molecular complexity index is 795. The molecule has 0 aromatic heterocycles. The van der Waals surface area contributed by atoms with Crippen LogP contribution in [0.1, 0.15) is 29.0 Å². The SMILES string of the molecule is N/N=C1\C[C@H](C(=O)O)[C@H]2c3ccccc3-c3cccc1c32. The monoisotopic (exact) mass is 278 g/mol. The molecule has 2 aliphatic rings. The zero-order chi connectivity index (χ0) is 14.6. The summed E-state index contributed by atoms with van der Waals surface area (Å²) >= 11 is 0. The van der Waals surface area contributed by atoms with Gasteiger partial charge < -0.3 is 10.9 Å². The van der Waals surface area contributed by atoms with Gasteiger partial charge in [-0.2, -0.15) is 5.10 Å². The summed E-state index contributed by atoms with van der Waals surface area (Å²) in [7, 11) is 0. The molecular weight excluding hydrogens is 264 g/mol. The molecule has 0 saturated heterocycles. The Balaban J connectivity index is 2.07. The van der Waals surface area contributed by atoms with Crippen molar-refractivity contribution >= 4 is 11.7 Å². The van der Waals surface area contributed by atoms with Crippen LogP contribution in [0, 0.1) is 5.92 Å². The average Bonchev–Trinajstić information content (AvgIpc) is 2.85. The van der Waals surface area contributed by atoms with Gasteiger partial charge in [-0.3, -0.25) is 4.79 Å². The van der Waals surface area contributed by atoms with E-state index >= 15 is 0 Å². The summed E-state index contributed by atoms with van der Waals surface area (Å²) in [6, 6.07) is 14.1. The van der Waals surface area contributed by atoms with E-state index in [2.05, 4.69) is 17.2 Å². The lowest BCUT2D eigenvalue weighted by Crippen LogP contribution is -2.31. The highest BCUT2D eigenvalue weighted by Gasteiger charge is 2.43. The molecule has 0 saturated carbocycles. The number of nitrogens with two attached hydrogens (primary N) is 1. The minimum absolute atomic E-state index is 0.101. The molecule has 104 valence electrons. The van der Waals surface area contributed by atoms with Crippen molar-refractivity contribution in [2.24, 2.45) is 16.9 Å².